The summed E-state index contributed by atoms with van der Waals surface area (Å²) in [5, 5.41) is 2.91. The molecular weight excluding hydrogens is 394 g/mol. The van der Waals surface area contributed by atoms with E-state index in [2.05, 4.69) is 30.2 Å². The number of nitrogens with two attached hydrogens (primary N) is 1. The summed E-state index contributed by atoms with van der Waals surface area (Å²) in [6, 6.07) is 14.4. The normalized spacial score (nSPS) is 14.0. The predicted molar refractivity (Wildman–Crippen MR) is 119 cm³/mol. The number of H-pyrrole nitrogens is 1. The number of carbonyl (C=O) groups excluding carboxylic acids is 1. The van der Waals surface area contributed by atoms with Gasteiger partial charge in [0.2, 0.25) is 5.95 Å². The van der Waals surface area contributed by atoms with Crippen molar-refractivity contribution in [1.29, 1.82) is 0 Å². The second-order valence-electron chi connectivity index (χ2n) is 7.23. The molecule has 5 rings (SSSR count). The van der Waals surface area contributed by atoms with Crippen LogP contribution in [0.4, 0.5) is 17.5 Å². The van der Waals surface area contributed by atoms with Crippen LogP contribution in [0.3, 0.4) is 0 Å². The molecule has 0 unspecified atom stereocenters. The molecule has 0 saturated carbocycles. The third kappa shape index (κ3) is 4.03. The fourth-order valence-electron chi connectivity index (χ4n) is 3.47. The minimum Gasteiger partial charge on any atom is -0.384 e. The van der Waals surface area contributed by atoms with Crippen LogP contribution in [0, 0.1) is 0 Å². The number of pyridine rings is 2. The van der Waals surface area contributed by atoms with Crippen LogP contribution in [0.2, 0.25) is 0 Å². The highest BCUT2D eigenvalue weighted by Crippen LogP contribution is 2.22. The van der Waals surface area contributed by atoms with Crippen LogP contribution in [0.1, 0.15) is 10.5 Å². The lowest BCUT2D eigenvalue weighted by Crippen LogP contribution is -2.36. The molecule has 4 aromatic rings. The van der Waals surface area contributed by atoms with Crippen LogP contribution >= 0.6 is 0 Å². The smallest absolute Gasteiger partial charge is 0.274 e. The molecule has 1 aromatic carbocycles. The first-order chi connectivity index (χ1) is 15.2. The molecule has 1 fully saturated rings. The van der Waals surface area contributed by atoms with Crippen LogP contribution in [0.25, 0.3) is 22.3 Å². The average molecular weight is 415 g/mol. The molecule has 9 nitrogen and oxygen atoms in total. The maximum Gasteiger partial charge on any atom is 0.274 e. The Hall–Kier alpha value is -3.98. The van der Waals surface area contributed by atoms with Gasteiger partial charge in [-0.3, -0.25) is 4.79 Å². The van der Waals surface area contributed by atoms with Gasteiger partial charge in [-0.2, -0.15) is 0 Å². The minimum atomic E-state index is -0.294. The van der Waals surface area contributed by atoms with E-state index in [-0.39, 0.29) is 5.91 Å². The summed E-state index contributed by atoms with van der Waals surface area (Å²) in [5.74, 6) is 0.953. The van der Waals surface area contributed by atoms with E-state index in [0.717, 1.165) is 35.6 Å². The molecule has 1 saturated heterocycles. The SMILES string of the molecule is Nc1ccc(-c2cccc(C(=O)Nc3ccc4nc(N5CCOCC5)[nH]c4c3)n2)cn1. The van der Waals surface area contributed by atoms with Gasteiger partial charge in [0.05, 0.1) is 29.9 Å². The number of nitrogens with zero attached hydrogens (tertiary/aromatic N) is 4. The monoisotopic (exact) mass is 415 g/mol. The molecule has 31 heavy (non-hydrogen) atoms. The number of hydrogen-bond acceptors (Lipinski definition) is 7. The molecule has 0 bridgehead atoms. The highest BCUT2D eigenvalue weighted by Gasteiger charge is 2.16. The first-order valence-electron chi connectivity index (χ1n) is 9.98. The topological polar surface area (TPSA) is 122 Å². The van der Waals surface area contributed by atoms with Gasteiger partial charge >= 0.3 is 0 Å². The van der Waals surface area contributed by atoms with E-state index in [0.29, 0.717) is 36.1 Å². The Labute approximate surface area is 178 Å². The Balaban J connectivity index is 1.35. The summed E-state index contributed by atoms with van der Waals surface area (Å²) in [6.45, 7) is 2.98. The lowest BCUT2D eigenvalue weighted by Gasteiger charge is -2.26. The number of nitrogen functional groups attached to an aromatic ring is 1. The van der Waals surface area contributed by atoms with E-state index in [1.807, 2.05) is 30.3 Å². The van der Waals surface area contributed by atoms with Crippen molar-refractivity contribution in [3.05, 3.63) is 60.4 Å². The second-order valence-corrected chi connectivity index (χ2v) is 7.23. The zero-order chi connectivity index (χ0) is 21.2. The van der Waals surface area contributed by atoms with Gasteiger partial charge in [0, 0.05) is 30.5 Å². The number of imidazole rings is 1. The average Bonchev–Trinajstić information content (AvgIpc) is 3.24. The van der Waals surface area contributed by atoms with Crippen LogP contribution in [-0.4, -0.2) is 52.1 Å². The van der Waals surface area contributed by atoms with Gasteiger partial charge in [-0.05, 0) is 42.5 Å². The van der Waals surface area contributed by atoms with E-state index in [1.54, 1.807) is 24.4 Å². The van der Waals surface area contributed by atoms with Gasteiger partial charge in [0.25, 0.3) is 5.91 Å². The van der Waals surface area contributed by atoms with Crippen molar-refractivity contribution in [2.75, 3.05) is 42.3 Å². The summed E-state index contributed by atoms with van der Waals surface area (Å²) >= 11 is 0. The molecule has 4 heterocycles. The van der Waals surface area contributed by atoms with Crippen molar-refractivity contribution < 1.29 is 9.53 Å². The number of benzene rings is 1. The third-order valence-electron chi connectivity index (χ3n) is 5.10. The fourth-order valence-corrected chi connectivity index (χ4v) is 3.47. The molecule has 0 spiro atoms. The molecule has 1 amide bonds. The number of fused-ring (bicyclic) bond motifs is 1. The highest BCUT2D eigenvalue weighted by molar-refractivity contribution is 6.04. The number of amides is 1. The zero-order valence-corrected chi connectivity index (χ0v) is 16.7. The van der Waals surface area contributed by atoms with E-state index in [9.17, 15) is 4.79 Å². The van der Waals surface area contributed by atoms with E-state index >= 15 is 0 Å². The van der Waals surface area contributed by atoms with Crippen molar-refractivity contribution in [1.82, 2.24) is 19.9 Å². The Morgan fingerprint density at radius 3 is 2.77 bits per heavy atom. The summed E-state index contributed by atoms with van der Waals surface area (Å²) < 4.78 is 5.40. The zero-order valence-electron chi connectivity index (χ0n) is 16.7. The van der Waals surface area contributed by atoms with Crippen LogP contribution in [-0.2, 0) is 4.74 Å². The third-order valence-corrected chi connectivity index (χ3v) is 5.10. The largest absolute Gasteiger partial charge is 0.384 e. The molecule has 0 aliphatic carbocycles. The van der Waals surface area contributed by atoms with Crippen molar-refractivity contribution in [2.24, 2.45) is 0 Å². The minimum absolute atomic E-state index is 0.294. The highest BCUT2D eigenvalue weighted by atomic mass is 16.5. The van der Waals surface area contributed by atoms with Crippen molar-refractivity contribution in [3.8, 4) is 11.3 Å². The number of hydrogen-bond donors (Lipinski definition) is 3. The van der Waals surface area contributed by atoms with Gasteiger partial charge in [-0.1, -0.05) is 6.07 Å². The lowest BCUT2D eigenvalue weighted by molar-refractivity contribution is 0.102. The maximum atomic E-state index is 12.8. The van der Waals surface area contributed by atoms with E-state index in [4.69, 9.17) is 10.5 Å². The fraction of sp³-hybridized carbons (Fsp3) is 0.182. The Morgan fingerprint density at radius 1 is 1.10 bits per heavy atom. The molecular formula is C22H21N7O2. The van der Waals surface area contributed by atoms with Gasteiger partial charge < -0.3 is 25.7 Å². The number of nitrogens with one attached hydrogen (secondary N) is 2. The summed E-state index contributed by atoms with van der Waals surface area (Å²) in [6.07, 6.45) is 1.64. The van der Waals surface area contributed by atoms with Crippen LogP contribution < -0.4 is 16.0 Å². The standard InChI is InChI=1S/C22H21N7O2/c23-20-7-4-14(13-24-20)16-2-1-3-18(26-16)21(30)25-15-5-6-17-19(12-15)28-22(27-17)29-8-10-31-11-9-29/h1-7,12-13H,8-11H2,(H2,23,24)(H,25,30)(H,27,28). The van der Waals surface area contributed by atoms with Crippen molar-refractivity contribution in [3.63, 3.8) is 0 Å². The number of carbonyl (C=O) groups is 1. The van der Waals surface area contributed by atoms with Gasteiger partial charge in [-0.25, -0.2) is 15.0 Å². The maximum absolute atomic E-state index is 12.8. The molecule has 0 radical (unpaired) electrons. The van der Waals surface area contributed by atoms with Crippen LogP contribution in [0.15, 0.2) is 54.7 Å². The van der Waals surface area contributed by atoms with Crippen molar-refractivity contribution >= 4 is 34.4 Å². The molecule has 0 atom stereocenters. The van der Waals surface area contributed by atoms with Crippen LogP contribution in [0.5, 0.6) is 0 Å². The molecule has 3 aromatic heterocycles. The predicted octanol–water partition coefficient (Wildman–Crippen LogP) is 2.69. The molecule has 4 N–H and O–H groups in total. The van der Waals surface area contributed by atoms with Gasteiger partial charge in [-0.15, -0.1) is 0 Å². The Kier molecular flexibility index (Phi) is 4.93. The number of aromatic amines is 1. The number of ether oxygens (including phenoxy) is 1. The molecule has 9 heteroatoms. The first kappa shape index (κ1) is 19.0. The van der Waals surface area contributed by atoms with Gasteiger partial charge in [0.15, 0.2) is 0 Å². The van der Waals surface area contributed by atoms with E-state index in [1.165, 1.54) is 0 Å². The number of aromatic nitrogens is 4. The van der Waals surface area contributed by atoms with Gasteiger partial charge in [0.1, 0.15) is 11.5 Å². The lowest BCUT2D eigenvalue weighted by atomic mass is 10.1. The number of rotatable bonds is 4. The summed E-state index contributed by atoms with van der Waals surface area (Å²) in [4.78, 5) is 31.5. The summed E-state index contributed by atoms with van der Waals surface area (Å²) in [5.41, 5.74) is 9.76. The molecule has 1 aliphatic heterocycles. The second kappa shape index (κ2) is 8.04. The first-order valence-corrected chi connectivity index (χ1v) is 9.98. The summed E-state index contributed by atoms with van der Waals surface area (Å²) in [7, 11) is 0. The Morgan fingerprint density at radius 2 is 1.97 bits per heavy atom. The number of morpholine rings is 1. The van der Waals surface area contributed by atoms with Crippen molar-refractivity contribution in [2.45, 2.75) is 0 Å². The molecule has 156 valence electrons. The number of anilines is 3. The molecule has 1 aliphatic rings. The quantitative estimate of drug-likeness (QED) is 0.468. The Bertz CT molecular complexity index is 1230. The van der Waals surface area contributed by atoms with E-state index < -0.39 is 0 Å².